The highest BCUT2D eigenvalue weighted by Gasteiger charge is 2.14. The fourth-order valence-corrected chi connectivity index (χ4v) is 2.96. The standard InChI is InChI=1S/C17H21NO3S/c1-13(11-15-6-4-10-22-15)17(20)18-12-14-5-2-3-7-16(14)21-9-8-19/h2-7,10,13,19H,8-9,11-12H2,1H3,(H,18,20). The molecule has 1 atom stereocenters. The Morgan fingerprint density at radius 3 is 2.86 bits per heavy atom. The second-order valence-corrected chi connectivity index (χ2v) is 6.11. The van der Waals surface area contributed by atoms with Crippen molar-refractivity contribution in [1.82, 2.24) is 5.32 Å². The van der Waals surface area contributed by atoms with Gasteiger partial charge in [-0.3, -0.25) is 4.79 Å². The van der Waals surface area contributed by atoms with Crippen LogP contribution in [0.5, 0.6) is 5.75 Å². The number of benzene rings is 1. The number of ether oxygens (including phenoxy) is 1. The molecular weight excluding hydrogens is 298 g/mol. The summed E-state index contributed by atoms with van der Waals surface area (Å²) in [5, 5.41) is 13.8. The fourth-order valence-electron chi connectivity index (χ4n) is 2.13. The summed E-state index contributed by atoms with van der Waals surface area (Å²) in [5.41, 5.74) is 0.910. The van der Waals surface area contributed by atoms with E-state index in [0.29, 0.717) is 12.3 Å². The maximum Gasteiger partial charge on any atom is 0.223 e. The lowest BCUT2D eigenvalue weighted by atomic mass is 10.1. The van der Waals surface area contributed by atoms with Crippen molar-refractivity contribution in [3.8, 4) is 5.75 Å². The van der Waals surface area contributed by atoms with Gasteiger partial charge in [0.1, 0.15) is 12.4 Å². The average Bonchev–Trinajstić information content (AvgIpc) is 3.04. The van der Waals surface area contributed by atoms with Gasteiger partial charge in [0, 0.05) is 22.9 Å². The van der Waals surface area contributed by atoms with Crippen molar-refractivity contribution in [2.75, 3.05) is 13.2 Å². The molecule has 2 N–H and O–H groups in total. The van der Waals surface area contributed by atoms with E-state index in [1.807, 2.05) is 48.7 Å². The second kappa shape index (κ2) is 8.56. The van der Waals surface area contributed by atoms with E-state index in [-0.39, 0.29) is 25.0 Å². The molecule has 0 radical (unpaired) electrons. The predicted molar refractivity (Wildman–Crippen MR) is 88.1 cm³/mol. The van der Waals surface area contributed by atoms with Gasteiger partial charge in [-0.1, -0.05) is 31.2 Å². The van der Waals surface area contributed by atoms with E-state index >= 15 is 0 Å². The zero-order valence-corrected chi connectivity index (χ0v) is 13.4. The van der Waals surface area contributed by atoms with Gasteiger partial charge in [0.2, 0.25) is 5.91 Å². The quantitative estimate of drug-likeness (QED) is 0.786. The molecule has 0 saturated heterocycles. The molecule has 0 aliphatic rings. The molecule has 22 heavy (non-hydrogen) atoms. The summed E-state index contributed by atoms with van der Waals surface area (Å²) in [7, 11) is 0. The molecule has 0 aliphatic carbocycles. The lowest BCUT2D eigenvalue weighted by molar-refractivity contribution is -0.124. The first-order valence-electron chi connectivity index (χ1n) is 7.32. The number of para-hydroxylation sites is 1. The SMILES string of the molecule is CC(Cc1cccs1)C(=O)NCc1ccccc1OCCO. The Hall–Kier alpha value is -1.85. The zero-order chi connectivity index (χ0) is 15.8. The summed E-state index contributed by atoms with van der Waals surface area (Å²) in [6, 6.07) is 11.6. The summed E-state index contributed by atoms with van der Waals surface area (Å²) in [4.78, 5) is 13.4. The van der Waals surface area contributed by atoms with Crippen LogP contribution in [-0.2, 0) is 17.8 Å². The van der Waals surface area contributed by atoms with E-state index < -0.39 is 0 Å². The van der Waals surface area contributed by atoms with Crippen molar-refractivity contribution in [2.45, 2.75) is 19.9 Å². The van der Waals surface area contributed by atoms with Crippen LogP contribution < -0.4 is 10.1 Å². The number of hydrogen-bond acceptors (Lipinski definition) is 4. The molecule has 1 heterocycles. The maximum atomic E-state index is 12.2. The molecule has 1 aromatic carbocycles. The fraction of sp³-hybridized carbons (Fsp3) is 0.353. The van der Waals surface area contributed by atoms with Crippen molar-refractivity contribution in [1.29, 1.82) is 0 Å². The van der Waals surface area contributed by atoms with Crippen LogP contribution in [0.2, 0.25) is 0 Å². The first-order chi connectivity index (χ1) is 10.7. The van der Waals surface area contributed by atoms with Gasteiger partial charge in [0.15, 0.2) is 0 Å². The largest absolute Gasteiger partial charge is 0.491 e. The molecule has 1 unspecified atom stereocenters. The Morgan fingerprint density at radius 2 is 2.14 bits per heavy atom. The van der Waals surface area contributed by atoms with Crippen LogP contribution in [-0.4, -0.2) is 24.2 Å². The van der Waals surface area contributed by atoms with Gasteiger partial charge in [0.25, 0.3) is 0 Å². The third-order valence-electron chi connectivity index (χ3n) is 3.31. The van der Waals surface area contributed by atoms with E-state index in [4.69, 9.17) is 9.84 Å². The number of carbonyl (C=O) groups is 1. The van der Waals surface area contributed by atoms with E-state index in [2.05, 4.69) is 5.32 Å². The molecule has 0 fully saturated rings. The number of amides is 1. The summed E-state index contributed by atoms with van der Waals surface area (Å²) < 4.78 is 5.46. The summed E-state index contributed by atoms with van der Waals surface area (Å²) in [6.07, 6.45) is 0.756. The molecular formula is C17H21NO3S. The number of carbonyl (C=O) groups excluding carboxylic acids is 1. The van der Waals surface area contributed by atoms with Gasteiger partial charge in [-0.2, -0.15) is 0 Å². The van der Waals surface area contributed by atoms with Gasteiger partial charge < -0.3 is 15.2 Å². The molecule has 2 rings (SSSR count). The number of thiophene rings is 1. The minimum atomic E-state index is -0.0656. The van der Waals surface area contributed by atoms with Gasteiger partial charge in [-0.15, -0.1) is 11.3 Å². The highest BCUT2D eigenvalue weighted by molar-refractivity contribution is 7.09. The smallest absolute Gasteiger partial charge is 0.223 e. The van der Waals surface area contributed by atoms with E-state index in [1.165, 1.54) is 4.88 Å². The van der Waals surface area contributed by atoms with Crippen molar-refractivity contribution in [2.24, 2.45) is 5.92 Å². The molecule has 0 spiro atoms. The number of aliphatic hydroxyl groups is 1. The van der Waals surface area contributed by atoms with Crippen molar-refractivity contribution >= 4 is 17.2 Å². The number of rotatable bonds is 8. The Labute approximate surface area is 134 Å². The Bertz CT molecular complexity index is 583. The monoisotopic (exact) mass is 319 g/mol. The first kappa shape index (κ1) is 16.5. The minimum absolute atomic E-state index is 0.0292. The van der Waals surface area contributed by atoms with Crippen molar-refractivity contribution in [3.63, 3.8) is 0 Å². The second-order valence-electron chi connectivity index (χ2n) is 5.08. The summed E-state index contributed by atoms with van der Waals surface area (Å²) in [5.74, 6) is 0.664. The average molecular weight is 319 g/mol. The number of nitrogens with one attached hydrogen (secondary N) is 1. The lowest BCUT2D eigenvalue weighted by Gasteiger charge is -2.14. The van der Waals surface area contributed by atoms with Crippen LogP contribution in [0.1, 0.15) is 17.4 Å². The van der Waals surface area contributed by atoms with Gasteiger partial charge >= 0.3 is 0 Å². The maximum absolute atomic E-state index is 12.2. The van der Waals surface area contributed by atoms with E-state index in [0.717, 1.165) is 12.0 Å². The number of aliphatic hydroxyl groups excluding tert-OH is 1. The lowest BCUT2D eigenvalue weighted by Crippen LogP contribution is -2.29. The Morgan fingerprint density at radius 1 is 1.32 bits per heavy atom. The highest BCUT2D eigenvalue weighted by atomic mass is 32.1. The molecule has 2 aromatic rings. The van der Waals surface area contributed by atoms with Crippen LogP contribution in [0.4, 0.5) is 0 Å². The highest BCUT2D eigenvalue weighted by Crippen LogP contribution is 2.18. The number of hydrogen-bond donors (Lipinski definition) is 2. The normalized spacial score (nSPS) is 11.9. The molecule has 1 aromatic heterocycles. The molecule has 4 nitrogen and oxygen atoms in total. The van der Waals surface area contributed by atoms with Crippen LogP contribution in [0, 0.1) is 5.92 Å². The molecule has 118 valence electrons. The Balaban J connectivity index is 1.87. The predicted octanol–water partition coefficient (Wildman–Crippen LogP) is 2.61. The Kier molecular flexibility index (Phi) is 6.43. The van der Waals surface area contributed by atoms with Crippen molar-refractivity contribution in [3.05, 3.63) is 52.2 Å². The molecule has 0 aliphatic heterocycles. The third-order valence-corrected chi connectivity index (χ3v) is 4.21. The van der Waals surface area contributed by atoms with E-state index in [1.54, 1.807) is 11.3 Å². The summed E-state index contributed by atoms with van der Waals surface area (Å²) >= 11 is 1.67. The molecule has 0 saturated carbocycles. The minimum Gasteiger partial charge on any atom is -0.491 e. The van der Waals surface area contributed by atoms with Crippen LogP contribution in [0.15, 0.2) is 41.8 Å². The van der Waals surface area contributed by atoms with Gasteiger partial charge in [0.05, 0.1) is 6.61 Å². The van der Waals surface area contributed by atoms with Gasteiger partial charge in [-0.05, 0) is 23.9 Å². The molecule has 1 amide bonds. The summed E-state index contributed by atoms with van der Waals surface area (Å²) in [6.45, 7) is 2.58. The van der Waals surface area contributed by atoms with Crippen molar-refractivity contribution < 1.29 is 14.6 Å². The third kappa shape index (κ3) is 4.86. The molecule has 5 heteroatoms. The topological polar surface area (TPSA) is 58.6 Å². The zero-order valence-electron chi connectivity index (χ0n) is 12.6. The first-order valence-corrected chi connectivity index (χ1v) is 8.20. The van der Waals surface area contributed by atoms with Gasteiger partial charge in [-0.25, -0.2) is 0 Å². The van der Waals surface area contributed by atoms with Crippen LogP contribution in [0.3, 0.4) is 0 Å². The van der Waals surface area contributed by atoms with Crippen LogP contribution in [0.25, 0.3) is 0 Å². The van der Waals surface area contributed by atoms with Crippen LogP contribution >= 0.6 is 11.3 Å². The van der Waals surface area contributed by atoms with E-state index in [9.17, 15) is 4.79 Å². The molecule has 0 bridgehead atoms.